The maximum absolute atomic E-state index is 11.0. The van der Waals surface area contributed by atoms with Gasteiger partial charge in [-0.15, -0.1) is 0 Å². The Kier molecular flexibility index (Phi) is 4.78. The molecule has 0 aliphatic carbocycles. The van der Waals surface area contributed by atoms with Gasteiger partial charge in [0.1, 0.15) is 0 Å². The zero-order valence-electron chi connectivity index (χ0n) is 8.20. The van der Waals surface area contributed by atoms with E-state index in [1.165, 1.54) is 7.11 Å². The minimum atomic E-state index is -3.27. The van der Waals surface area contributed by atoms with Crippen LogP contribution in [0.1, 0.15) is 27.2 Å². The molecule has 0 aliphatic heterocycles. The van der Waals surface area contributed by atoms with Crippen LogP contribution in [-0.4, -0.2) is 21.3 Å². The fraction of sp³-hybridized carbons (Fsp3) is 1.00. The fourth-order valence-corrected chi connectivity index (χ4v) is 2.07. The monoisotopic (exact) mass is 194 g/mol. The summed E-state index contributed by atoms with van der Waals surface area (Å²) in [4.78, 5) is 0. The summed E-state index contributed by atoms with van der Waals surface area (Å²) in [7, 11) is -2.07. The second-order valence-electron chi connectivity index (χ2n) is 3.25. The highest BCUT2D eigenvalue weighted by Crippen LogP contribution is 2.16. The molecule has 0 aromatic rings. The molecule has 0 saturated heterocycles. The van der Waals surface area contributed by atoms with Crippen molar-refractivity contribution in [3.8, 4) is 0 Å². The first-order chi connectivity index (χ1) is 5.43. The van der Waals surface area contributed by atoms with Crippen LogP contribution >= 0.6 is 0 Å². The number of hydrogen-bond acceptors (Lipinski definition) is 3. The lowest BCUT2D eigenvalue weighted by atomic mass is 9.96. The van der Waals surface area contributed by atoms with Crippen molar-refractivity contribution in [2.75, 3.05) is 12.9 Å². The predicted octanol–water partition coefficient (Wildman–Crippen LogP) is 1.64. The Hall–Kier alpha value is -0.0900. The van der Waals surface area contributed by atoms with Crippen molar-refractivity contribution in [3.05, 3.63) is 0 Å². The summed E-state index contributed by atoms with van der Waals surface area (Å²) in [6.45, 7) is 6.04. The summed E-state index contributed by atoms with van der Waals surface area (Å²) in [6, 6.07) is 0. The normalized spacial score (nSPS) is 17.3. The van der Waals surface area contributed by atoms with Gasteiger partial charge in [0, 0.05) is 0 Å². The molecule has 4 heteroatoms. The summed E-state index contributed by atoms with van der Waals surface area (Å²) in [5, 5.41) is 0. The van der Waals surface area contributed by atoms with Crippen molar-refractivity contribution in [3.63, 3.8) is 0 Å². The molecule has 12 heavy (non-hydrogen) atoms. The minimum absolute atomic E-state index is 0.124. The Morgan fingerprint density at radius 1 is 1.25 bits per heavy atom. The third-order valence-electron chi connectivity index (χ3n) is 2.34. The second kappa shape index (κ2) is 4.82. The molecule has 0 aromatic carbocycles. The van der Waals surface area contributed by atoms with Gasteiger partial charge in [0.25, 0.3) is 10.1 Å². The van der Waals surface area contributed by atoms with Gasteiger partial charge in [0.05, 0.1) is 12.9 Å². The van der Waals surface area contributed by atoms with Crippen LogP contribution in [0.2, 0.25) is 0 Å². The zero-order chi connectivity index (χ0) is 9.78. The van der Waals surface area contributed by atoms with Gasteiger partial charge in [0.15, 0.2) is 0 Å². The molecule has 0 radical (unpaired) electrons. The van der Waals surface area contributed by atoms with Gasteiger partial charge < -0.3 is 0 Å². The van der Waals surface area contributed by atoms with E-state index >= 15 is 0 Å². The van der Waals surface area contributed by atoms with Crippen LogP contribution in [0.5, 0.6) is 0 Å². The van der Waals surface area contributed by atoms with E-state index in [0.29, 0.717) is 5.92 Å². The topological polar surface area (TPSA) is 43.4 Å². The van der Waals surface area contributed by atoms with Gasteiger partial charge in [-0.25, -0.2) is 0 Å². The molecule has 0 bridgehead atoms. The molecule has 0 rings (SSSR count). The predicted molar refractivity (Wildman–Crippen MR) is 49.4 cm³/mol. The van der Waals surface area contributed by atoms with E-state index in [1.807, 2.05) is 6.92 Å². The lowest BCUT2D eigenvalue weighted by Gasteiger charge is -2.16. The Labute approximate surface area is 75.2 Å². The molecule has 0 spiro atoms. The third kappa shape index (κ3) is 4.07. The van der Waals surface area contributed by atoms with E-state index in [-0.39, 0.29) is 11.7 Å². The van der Waals surface area contributed by atoms with E-state index in [0.717, 1.165) is 6.42 Å². The first-order valence-corrected chi connectivity index (χ1v) is 5.79. The summed E-state index contributed by atoms with van der Waals surface area (Å²) < 4.78 is 26.4. The highest BCUT2D eigenvalue weighted by atomic mass is 32.2. The zero-order valence-corrected chi connectivity index (χ0v) is 9.02. The number of rotatable bonds is 5. The van der Waals surface area contributed by atoms with Crippen LogP contribution < -0.4 is 0 Å². The van der Waals surface area contributed by atoms with Crippen LogP contribution in [0, 0.1) is 11.8 Å². The van der Waals surface area contributed by atoms with Gasteiger partial charge >= 0.3 is 0 Å². The van der Waals surface area contributed by atoms with E-state index in [2.05, 4.69) is 18.0 Å². The molecule has 0 fully saturated rings. The largest absolute Gasteiger partial charge is 0.273 e. The summed E-state index contributed by atoms with van der Waals surface area (Å²) in [5.41, 5.74) is 0. The van der Waals surface area contributed by atoms with Crippen molar-refractivity contribution < 1.29 is 12.6 Å². The fourth-order valence-electron chi connectivity index (χ4n) is 0.957. The van der Waals surface area contributed by atoms with E-state index in [9.17, 15) is 8.42 Å². The molecule has 0 aliphatic rings. The maximum atomic E-state index is 11.0. The van der Waals surface area contributed by atoms with Crippen LogP contribution in [0.15, 0.2) is 0 Å². The first-order valence-electron chi connectivity index (χ1n) is 4.21. The summed E-state index contributed by atoms with van der Waals surface area (Å²) >= 11 is 0. The maximum Gasteiger partial charge on any atom is 0.267 e. The van der Waals surface area contributed by atoms with E-state index in [4.69, 9.17) is 0 Å². The van der Waals surface area contributed by atoms with Crippen LogP contribution in [0.4, 0.5) is 0 Å². The van der Waals surface area contributed by atoms with Crippen molar-refractivity contribution in [2.24, 2.45) is 11.8 Å². The average molecular weight is 194 g/mol. The highest BCUT2D eigenvalue weighted by Gasteiger charge is 2.18. The standard InChI is InChI=1S/C8H18O3S/c1-5-7(2)8(3)6-12(9,10)11-4/h7-8H,5-6H2,1-4H3. The van der Waals surface area contributed by atoms with Gasteiger partial charge in [-0.2, -0.15) is 8.42 Å². The molecule has 0 amide bonds. The second-order valence-corrected chi connectivity index (χ2v) is 5.04. The lowest BCUT2D eigenvalue weighted by molar-refractivity contribution is 0.363. The highest BCUT2D eigenvalue weighted by molar-refractivity contribution is 7.86. The molecule has 0 heterocycles. The third-order valence-corrected chi connectivity index (χ3v) is 3.78. The molecule has 0 N–H and O–H groups in total. The van der Waals surface area contributed by atoms with E-state index < -0.39 is 10.1 Å². The minimum Gasteiger partial charge on any atom is -0.273 e. The molecule has 0 aromatic heterocycles. The Morgan fingerprint density at radius 2 is 1.75 bits per heavy atom. The van der Waals surface area contributed by atoms with Gasteiger partial charge in [-0.1, -0.05) is 27.2 Å². The molecule has 2 atom stereocenters. The molecule has 74 valence electrons. The smallest absolute Gasteiger partial charge is 0.267 e. The number of hydrogen-bond donors (Lipinski definition) is 0. The SMILES string of the molecule is CCC(C)C(C)CS(=O)(=O)OC. The quantitative estimate of drug-likeness (QED) is 0.625. The van der Waals surface area contributed by atoms with Gasteiger partial charge in [-0.3, -0.25) is 4.18 Å². The Morgan fingerprint density at radius 3 is 2.08 bits per heavy atom. The first kappa shape index (κ1) is 11.9. The van der Waals surface area contributed by atoms with Gasteiger partial charge in [-0.05, 0) is 11.8 Å². The van der Waals surface area contributed by atoms with Crippen LogP contribution in [-0.2, 0) is 14.3 Å². The Bertz CT molecular complexity index is 208. The molecule has 3 nitrogen and oxygen atoms in total. The summed E-state index contributed by atoms with van der Waals surface area (Å²) in [6.07, 6.45) is 1.00. The molecular weight excluding hydrogens is 176 g/mol. The molecule has 2 unspecified atom stereocenters. The van der Waals surface area contributed by atoms with Crippen LogP contribution in [0.25, 0.3) is 0 Å². The van der Waals surface area contributed by atoms with Crippen molar-refractivity contribution in [2.45, 2.75) is 27.2 Å². The summed E-state index contributed by atoms with van der Waals surface area (Å²) in [5.74, 6) is 0.716. The Balaban J connectivity index is 4.09. The molecule has 0 saturated carbocycles. The average Bonchev–Trinajstić information content (AvgIpc) is 2.02. The van der Waals surface area contributed by atoms with E-state index in [1.54, 1.807) is 0 Å². The van der Waals surface area contributed by atoms with Crippen LogP contribution in [0.3, 0.4) is 0 Å². The van der Waals surface area contributed by atoms with Crippen molar-refractivity contribution >= 4 is 10.1 Å². The lowest BCUT2D eigenvalue weighted by Crippen LogP contribution is -2.20. The van der Waals surface area contributed by atoms with Crippen molar-refractivity contribution in [1.29, 1.82) is 0 Å². The van der Waals surface area contributed by atoms with Crippen molar-refractivity contribution in [1.82, 2.24) is 0 Å². The molecular formula is C8H18O3S. The van der Waals surface area contributed by atoms with Gasteiger partial charge in [0.2, 0.25) is 0 Å².